The van der Waals surface area contributed by atoms with E-state index in [0.717, 1.165) is 30.9 Å². The summed E-state index contributed by atoms with van der Waals surface area (Å²) in [6, 6.07) is 15.6. The van der Waals surface area contributed by atoms with Crippen molar-refractivity contribution in [3.63, 3.8) is 0 Å². The van der Waals surface area contributed by atoms with Crippen LogP contribution in [0.5, 0.6) is 5.75 Å². The number of likely N-dealkylation sites (tertiary alicyclic amines) is 1. The van der Waals surface area contributed by atoms with Crippen molar-refractivity contribution in [3.8, 4) is 5.75 Å². The van der Waals surface area contributed by atoms with Gasteiger partial charge < -0.3 is 10.1 Å². The van der Waals surface area contributed by atoms with E-state index in [9.17, 15) is 0 Å². The predicted octanol–water partition coefficient (Wildman–Crippen LogP) is 2.90. The molecule has 0 amide bonds. The first-order chi connectivity index (χ1) is 10.9. The third kappa shape index (κ3) is 2.96. The number of hydrogen-bond donors (Lipinski definition) is 1. The molecule has 0 aliphatic carbocycles. The van der Waals surface area contributed by atoms with Gasteiger partial charge in [0, 0.05) is 19.1 Å². The molecule has 2 aromatic rings. The van der Waals surface area contributed by atoms with Gasteiger partial charge in [0.2, 0.25) is 0 Å². The number of hydrogen-bond acceptors (Lipinski definition) is 3. The number of piperidine rings is 1. The fraction of sp³-hybridized carbons (Fsp3) is 0.474. The molecule has 0 aromatic heterocycles. The van der Waals surface area contributed by atoms with Gasteiger partial charge in [-0.1, -0.05) is 30.3 Å². The first-order valence-corrected chi connectivity index (χ1v) is 8.46. The van der Waals surface area contributed by atoms with Crippen LogP contribution in [0.2, 0.25) is 0 Å². The Hall–Kier alpha value is -1.58. The standard InChI is InChI=1S/C19H24N2O/c1-2-4-16-13-18(6-5-15(16)3-1)22-12-11-21-10-8-19-17(14-21)7-9-20-19/h1-6,13,17,19-20H,7-12,14H2. The fourth-order valence-corrected chi connectivity index (χ4v) is 3.88. The zero-order chi connectivity index (χ0) is 14.8. The summed E-state index contributed by atoms with van der Waals surface area (Å²) in [5.41, 5.74) is 0. The minimum absolute atomic E-state index is 0.776. The van der Waals surface area contributed by atoms with Gasteiger partial charge in [-0.15, -0.1) is 0 Å². The van der Waals surface area contributed by atoms with Crippen molar-refractivity contribution >= 4 is 10.8 Å². The molecule has 2 saturated heterocycles. The first-order valence-electron chi connectivity index (χ1n) is 8.46. The molecule has 1 N–H and O–H groups in total. The summed E-state index contributed by atoms with van der Waals surface area (Å²) < 4.78 is 5.97. The Labute approximate surface area is 132 Å². The van der Waals surface area contributed by atoms with Crippen molar-refractivity contribution in [2.75, 3.05) is 32.8 Å². The lowest BCUT2D eigenvalue weighted by Gasteiger charge is -2.34. The average Bonchev–Trinajstić information content (AvgIpc) is 3.02. The maximum atomic E-state index is 5.97. The average molecular weight is 296 g/mol. The fourth-order valence-electron chi connectivity index (χ4n) is 3.88. The summed E-state index contributed by atoms with van der Waals surface area (Å²) in [5, 5.41) is 6.14. The molecule has 116 valence electrons. The molecule has 0 spiro atoms. The minimum atomic E-state index is 0.776. The molecule has 2 atom stereocenters. The SMILES string of the molecule is c1ccc2cc(OCCN3CCC4NCCC4C3)ccc2c1. The molecule has 2 fully saturated rings. The van der Waals surface area contributed by atoms with Crippen LogP contribution in [0.25, 0.3) is 10.8 Å². The maximum absolute atomic E-state index is 5.97. The summed E-state index contributed by atoms with van der Waals surface area (Å²) >= 11 is 0. The molecule has 2 aliphatic rings. The molecule has 0 saturated carbocycles. The molecule has 2 aromatic carbocycles. The monoisotopic (exact) mass is 296 g/mol. The number of nitrogens with one attached hydrogen (secondary N) is 1. The van der Waals surface area contributed by atoms with Crippen molar-refractivity contribution in [1.82, 2.24) is 10.2 Å². The minimum Gasteiger partial charge on any atom is -0.492 e. The molecule has 2 unspecified atom stereocenters. The van der Waals surface area contributed by atoms with E-state index in [2.05, 4.69) is 52.7 Å². The van der Waals surface area contributed by atoms with E-state index < -0.39 is 0 Å². The van der Waals surface area contributed by atoms with Crippen LogP contribution in [0.4, 0.5) is 0 Å². The molecule has 2 aliphatic heterocycles. The van der Waals surface area contributed by atoms with E-state index in [1.807, 2.05) is 0 Å². The van der Waals surface area contributed by atoms with E-state index in [-0.39, 0.29) is 0 Å². The van der Waals surface area contributed by atoms with Gasteiger partial charge in [0.25, 0.3) is 0 Å². The third-order valence-electron chi connectivity index (χ3n) is 5.14. The lowest BCUT2D eigenvalue weighted by Crippen LogP contribution is -2.45. The van der Waals surface area contributed by atoms with Crippen molar-refractivity contribution in [3.05, 3.63) is 42.5 Å². The number of fused-ring (bicyclic) bond motifs is 2. The molecule has 4 rings (SSSR count). The zero-order valence-electron chi connectivity index (χ0n) is 13.0. The molecule has 3 heteroatoms. The van der Waals surface area contributed by atoms with Crippen molar-refractivity contribution < 1.29 is 4.74 Å². The highest BCUT2D eigenvalue weighted by molar-refractivity contribution is 5.83. The molecular weight excluding hydrogens is 272 g/mol. The van der Waals surface area contributed by atoms with Gasteiger partial charge in [0.05, 0.1) is 0 Å². The van der Waals surface area contributed by atoms with Crippen LogP contribution in [0.3, 0.4) is 0 Å². The Morgan fingerprint density at radius 3 is 2.95 bits per heavy atom. The normalized spacial score (nSPS) is 25.3. The van der Waals surface area contributed by atoms with E-state index in [0.29, 0.717) is 0 Å². The lowest BCUT2D eigenvalue weighted by molar-refractivity contribution is 0.138. The molecule has 3 nitrogen and oxygen atoms in total. The molecule has 2 heterocycles. The van der Waals surface area contributed by atoms with Crippen LogP contribution in [0, 0.1) is 5.92 Å². The van der Waals surface area contributed by atoms with Crippen LogP contribution in [0.15, 0.2) is 42.5 Å². The van der Waals surface area contributed by atoms with E-state index in [4.69, 9.17) is 4.74 Å². The summed E-state index contributed by atoms with van der Waals surface area (Å²) in [5.74, 6) is 1.84. The van der Waals surface area contributed by atoms with Crippen molar-refractivity contribution in [2.24, 2.45) is 5.92 Å². The second kappa shape index (κ2) is 6.27. The van der Waals surface area contributed by atoms with Gasteiger partial charge >= 0.3 is 0 Å². The molecular formula is C19H24N2O. The Morgan fingerprint density at radius 1 is 1.09 bits per heavy atom. The van der Waals surface area contributed by atoms with Gasteiger partial charge in [0.1, 0.15) is 12.4 Å². The van der Waals surface area contributed by atoms with Gasteiger partial charge in [-0.3, -0.25) is 4.90 Å². The summed E-state index contributed by atoms with van der Waals surface area (Å²) in [4.78, 5) is 2.56. The zero-order valence-corrected chi connectivity index (χ0v) is 13.0. The molecule has 22 heavy (non-hydrogen) atoms. The highest BCUT2D eigenvalue weighted by atomic mass is 16.5. The summed E-state index contributed by atoms with van der Waals surface area (Å²) in [7, 11) is 0. The number of nitrogens with zero attached hydrogens (tertiary/aromatic N) is 1. The van der Waals surface area contributed by atoms with E-state index >= 15 is 0 Å². The number of rotatable bonds is 4. The Balaban J connectivity index is 1.30. The lowest BCUT2D eigenvalue weighted by atomic mass is 9.93. The smallest absolute Gasteiger partial charge is 0.120 e. The molecule has 0 bridgehead atoms. The van der Waals surface area contributed by atoms with Gasteiger partial charge in [0.15, 0.2) is 0 Å². The van der Waals surface area contributed by atoms with Crippen LogP contribution in [-0.4, -0.2) is 43.7 Å². The Kier molecular flexibility index (Phi) is 4.00. The summed E-state index contributed by atoms with van der Waals surface area (Å²) in [6.45, 7) is 5.46. The van der Waals surface area contributed by atoms with E-state index in [1.54, 1.807) is 0 Å². The number of benzene rings is 2. The van der Waals surface area contributed by atoms with Gasteiger partial charge in [-0.2, -0.15) is 0 Å². The largest absolute Gasteiger partial charge is 0.492 e. The van der Waals surface area contributed by atoms with Gasteiger partial charge in [-0.25, -0.2) is 0 Å². The predicted molar refractivity (Wildman–Crippen MR) is 90.4 cm³/mol. The van der Waals surface area contributed by atoms with E-state index in [1.165, 1.54) is 43.2 Å². The van der Waals surface area contributed by atoms with Crippen LogP contribution >= 0.6 is 0 Å². The van der Waals surface area contributed by atoms with Crippen molar-refractivity contribution in [1.29, 1.82) is 0 Å². The second-order valence-corrected chi connectivity index (χ2v) is 6.56. The van der Waals surface area contributed by atoms with Crippen LogP contribution < -0.4 is 10.1 Å². The van der Waals surface area contributed by atoms with Crippen LogP contribution in [-0.2, 0) is 0 Å². The topological polar surface area (TPSA) is 24.5 Å². The third-order valence-corrected chi connectivity index (χ3v) is 5.14. The van der Waals surface area contributed by atoms with Gasteiger partial charge in [-0.05, 0) is 54.8 Å². The number of ether oxygens (including phenoxy) is 1. The Bertz CT molecular complexity index is 642. The highest BCUT2D eigenvalue weighted by Gasteiger charge is 2.32. The maximum Gasteiger partial charge on any atom is 0.120 e. The summed E-state index contributed by atoms with van der Waals surface area (Å²) in [6.07, 6.45) is 2.63. The molecule has 0 radical (unpaired) electrons. The first kappa shape index (κ1) is 14.0. The highest BCUT2D eigenvalue weighted by Crippen LogP contribution is 2.24. The van der Waals surface area contributed by atoms with Crippen molar-refractivity contribution in [2.45, 2.75) is 18.9 Å². The quantitative estimate of drug-likeness (QED) is 0.939. The van der Waals surface area contributed by atoms with Crippen LogP contribution in [0.1, 0.15) is 12.8 Å². The Morgan fingerprint density at radius 2 is 2.00 bits per heavy atom. The second-order valence-electron chi connectivity index (χ2n) is 6.56.